The molecule has 1 aliphatic carbocycles. The second-order valence-corrected chi connectivity index (χ2v) is 10.0. The number of anilines is 1. The topological polar surface area (TPSA) is 170 Å². The first-order valence-electron chi connectivity index (χ1n) is 13.8. The van der Waals surface area contributed by atoms with Crippen molar-refractivity contribution >= 4 is 29.2 Å². The van der Waals surface area contributed by atoms with Crippen LogP contribution in [0, 0.1) is 17.2 Å². The van der Waals surface area contributed by atoms with Crippen molar-refractivity contribution in [3.05, 3.63) is 11.3 Å². The number of nitrogen functional groups attached to an aromatic ring is 1. The molecule has 0 bridgehead atoms. The highest BCUT2D eigenvalue weighted by Crippen LogP contribution is 2.32. The number of ether oxygens (including phenoxy) is 1. The maximum Gasteiger partial charge on any atom is 0.319 e. The van der Waals surface area contributed by atoms with Gasteiger partial charge in [-0.05, 0) is 64.0 Å². The van der Waals surface area contributed by atoms with Gasteiger partial charge in [-0.15, -0.1) is 0 Å². The van der Waals surface area contributed by atoms with Gasteiger partial charge in [0, 0.05) is 12.1 Å². The third kappa shape index (κ3) is 8.31. The Labute approximate surface area is 224 Å². The number of hydrogen-bond donors (Lipinski definition) is 4. The van der Waals surface area contributed by atoms with Crippen LogP contribution < -0.4 is 15.8 Å². The predicted octanol–water partition coefficient (Wildman–Crippen LogP) is 3.38. The molecule has 2 aromatic heterocycles. The summed E-state index contributed by atoms with van der Waals surface area (Å²) in [4.78, 5) is 35.2. The fourth-order valence-electron chi connectivity index (χ4n) is 4.94. The predicted molar refractivity (Wildman–Crippen MR) is 145 cm³/mol. The van der Waals surface area contributed by atoms with Crippen molar-refractivity contribution in [3.8, 4) is 12.1 Å². The molecule has 1 atom stereocenters. The van der Waals surface area contributed by atoms with E-state index in [2.05, 4.69) is 38.2 Å². The van der Waals surface area contributed by atoms with Crippen LogP contribution in [0.2, 0.25) is 0 Å². The summed E-state index contributed by atoms with van der Waals surface area (Å²) in [7, 11) is 0. The van der Waals surface area contributed by atoms with E-state index >= 15 is 0 Å². The lowest BCUT2D eigenvalue weighted by Crippen LogP contribution is -2.43. The Morgan fingerprint density at radius 1 is 1.29 bits per heavy atom. The lowest BCUT2D eigenvalue weighted by molar-refractivity contribution is -0.125. The Kier molecular flexibility index (Phi) is 11.6. The number of nitrogens with two attached hydrogens (primary N) is 1. The number of unbranched alkanes of at least 4 members (excludes halogenated alkanes) is 3. The molecule has 5 N–H and O–H groups in total. The minimum Gasteiger partial charge on any atom is -0.483 e. The normalized spacial score (nSPS) is 17.0. The van der Waals surface area contributed by atoms with E-state index in [0.29, 0.717) is 29.2 Å². The van der Waals surface area contributed by atoms with Crippen LogP contribution in [0.3, 0.4) is 0 Å². The number of carbonyl (C=O) groups is 2. The van der Waals surface area contributed by atoms with Crippen molar-refractivity contribution in [3.63, 3.8) is 0 Å². The Bertz CT molecular complexity index is 1090. The summed E-state index contributed by atoms with van der Waals surface area (Å²) in [6, 6.07) is 2.54. The molecule has 2 aliphatic rings. The van der Waals surface area contributed by atoms with Gasteiger partial charge in [-0.1, -0.05) is 32.6 Å². The number of H-pyrrole nitrogens is 1. The van der Waals surface area contributed by atoms with Crippen LogP contribution in [0.5, 0.6) is 6.01 Å². The molecule has 38 heavy (non-hydrogen) atoms. The molecule has 1 amide bonds. The molecular weight excluding hydrogens is 486 g/mol. The number of amides is 1. The molecule has 1 saturated carbocycles. The first kappa shape index (κ1) is 29.2. The Morgan fingerprint density at radius 2 is 2.08 bits per heavy atom. The van der Waals surface area contributed by atoms with E-state index in [-0.39, 0.29) is 24.4 Å². The number of carbonyl (C=O) groups excluding carboxylic acids is 1. The molecule has 208 valence electrons. The fourth-order valence-corrected chi connectivity index (χ4v) is 4.94. The largest absolute Gasteiger partial charge is 0.483 e. The van der Waals surface area contributed by atoms with Crippen LogP contribution in [0.4, 0.5) is 5.82 Å². The van der Waals surface area contributed by atoms with Crippen molar-refractivity contribution in [2.24, 2.45) is 5.92 Å². The number of aryl methyl sites for hydroxylation is 1. The standard InChI is InChI=1S/C26H39N7O2.CH2O2/c1-2-3-16-35-26-31-22-19(20(17-27)30-23(22)24(28)32-26)8-5-4-6-14-33-15-7-9-21(33)25(34)29-13-12-18-10-11-18;2-1-3/h18,21,30H,2-16H2,1H3,(H,29,34)(H2,28,31,32);1H,(H,2,3). The van der Waals surface area contributed by atoms with E-state index < -0.39 is 0 Å². The van der Waals surface area contributed by atoms with E-state index in [4.69, 9.17) is 20.4 Å². The minimum atomic E-state index is -0.250. The quantitative estimate of drug-likeness (QED) is 0.212. The van der Waals surface area contributed by atoms with Crippen molar-refractivity contribution < 1.29 is 19.4 Å². The van der Waals surface area contributed by atoms with Crippen LogP contribution in [-0.2, 0) is 16.0 Å². The number of nitriles is 1. The number of nitrogens with one attached hydrogen (secondary N) is 2. The Balaban J connectivity index is 0.00000127. The zero-order valence-corrected chi connectivity index (χ0v) is 22.4. The summed E-state index contributed by atoms with van der Waals surface area (Å²) in [5, 5.41) is 19.7. The van der Waals surface area contributed by atoms with Gasteiger partial charge in [0.05, 0.1) is 12.6 Å². The summed E-state index contributed by atoms with van der Waals surface area (Å²) in [5.74, 6) is 1.35. The Morgan fingerprint density at radius 3 is 2.79 bits per heavy atom. The number of rotatable bonds is 14. The maximum atomic E-state index is 12.6. The van der Waals surface area contributed by atoms with Crippen molar-refractivity contribution in [2.75, 3.05) is 32.0 Å². The number of hydrogen-bond acceptors (Lipinski definition) is 8. The third-order valence-electron chi connectivity index (χ3n) is 7.18. The molecular formula is C27H41N7O4. The molecule has 1 aliphatic heterocycles. The molecule has 0 radical (unpaired) electrons. The molecule has 1 unspecified atom stereocenters. The van der Waals surface area contributed by atoms with Gasteiger partial charge in [-0.2, -0.15) is 15.2 Å². The number of aromatic nitrogens is 3. The number of fused-ring (bicyclic) bond motifs is 1. The van der Waals surface area contributed by atoms with Crippen molar-refractivity contribution in [1.82, 2.24) is 25.2 Å². The van der Waals surface area contributed by atoms with Crippen molar-refractivity contribution in [1.29, 1.82) is 5.26 Å². The number of nitrogens with zero attached hydrogens (tertiary/aromatic N) is 4. The molecule has 0 aromatic carbocycles. The second-order valence-electron chi connectivity index (χ2n) is 10.0. The lowest BCUT2D eigenvalue weighted by Gasteiger charge is -2.23. The molecule has 11 heteroatoms. The van der Waals surface area contributed by atoms with Gasteiger partial charge in [-0.25, -0.2) is 0 Å². The van der Waals surface area contributed by atoms with Crippen LogP contribution in [0.25, 0.3) is 11.0 Å². The first-order chi connectivity index (χ1) is 18.5. The van der Waals surface area contributed by atoms with Gasteiger partial charge in [0.1, 0.15) is 22.8 Å². The number of likely N-dealkylation sites (tertiary alicyclic amines) is 1. The number of carboxylic acid groups (broad SMARTS) is 1. The van der Waals surface area contributed by atoms with E-state index in [0.717, 1.165) is 88.9 Å². The average Bonchev–Trinajstić information content (AvgIpc) is 3.48. The first-order valence-corrected chi connectivity index (χ1v) is 13.8. The summed E-state index contributed by atoms with van der Waals surface area (Å²) in [6.45, 7) is 5.14. The maximum absolute atomic E-state index is 12.6. The molecule has 2 fully saturated rings. The zero-order valence-electron chi connectivity index (χ0n) is 22.4. The highest BCUT2D eigenvalue weighted by atomic mass is 16.5. The van der Waals surface area contributed by atoms with Gasteiger partial charge < -0.3 is 25.9 Å². The molecule has 2 aromatic rings. The van der Waals surface area contributed by atoms with Gasteiger partial charge in [0.15, 0.2) is 5.82 Å². The van der Waals surface area contributed by atoms with Crippen LogP contribution >= 0.6 is 0 Å². The third-order valence-corrected chi connectivity index (χ3v) is 7.18. The van der Waals surface area contributed by atoms with Crippen LogP contribution in [0.1, 0.15) is 82.4 Å². The Hall–Kier alpha value is -3.39. The monoisotopic (exact) mass is 527 g/mol. The van der Waals surface area contributed by atoms with E-state index in [1.54, 1.807) is 0 Å². The average molecular weight is 528 g/mol. The molecule has 3 heterocycles. The van der Waals surface area contributed by atoms with E-state index in [9.17, 15) is 10.1 Å². The van der Waals surface area contributed by atoms with E-state index in [1.807, 2.05) is 0 Å². The SMILES string of the molecule is CCCCOc1nc(N)c2[nH]c(C#N)c(CCCCCN3CCCC3C(=O)NCCC3CC3)c2n1.O=CO. The molecule has 4 rings (SSSR count). The zero-order chi connectivity index (χ0) is 27.3. The summed E-state index contributed by atoms with van der Waals surface area (Å²) in [5.41, 5.74) is 8.78. The fraction of sp³-hybridized carbons (Fsp3) is 0.667. The second kappa shape index (κ2) is 15.1. The van der Waals surface area contributed by atoms with Crippen molar-refractivity contribution in [2.45, 2.75) is 83.6 Å². The van der Waals surface area contributed by atoms with Gasteiger partial charge in [0.2, 0.25) is 5.91 Å². The van der Waals surface area contributed by atoms with Gasteiger partial charge >= 0.3 is 6.01 Å². The molecule has 11 nitrogen and oxygen atoms in total. The minimum absolute atomic E-state index is 0.0267. The summed E-state index contributed by atoms with van der Waals surface area (Å²) >= 11 is 0. The van der Waals surface area contributed by atoms with E-state index in [1.165, 1.54) is 12.8 Å². The summed E-state index contributed by atoms with van der Waals surface area (Å²) in [6.07, 6.45) is 11.5. The van der Waals surface area contributed by atoms with Crippen LogP contribution in [0.15, 0.2) is 0 Å². The highest BCUT2D eigenvalue weighted by molar-refractivity contribution is 5.89. The highest BCUT2D eigenvalue weighted by Gasteiger charge is 2.30. The lowest BCUT2D eigenvalue weighted by atomic mass is 10.1. The molecule has 1 saturated heterocycles. The molecule has 0 spiro atoms. The van der Waals surface area contributed by atoms with Gasteiger partial charge in [-0.3, -0.25) is 14.5 Å². The smallest absolute Gasteiger partial charge is 0.319 e. The van der Waals surface area contributed by atoms with Gasteiger partial charge in [0.25, 0.3) is 6.47 Å². The van der Waals surface area contributed by atoms with Crippen LogP contribution in [-0.4, -0.2) is 69.6 Å². The number of aromatic amines is 1. The summed E-state index contributed by atoms with van der Waals surface area (Å²) < 4.78 is 5.66.